The Bertz CT molecular complexity index is 1260. The van der Waals surface area contributed by atoms with E-state index in [0.717, 1.165) is 34.7 Å². The standard InChI is InChI=1S/C25H26ClN5O3/c1-17-15-18(11-12-27-17)20-10-9-19(16-23(20)33-3)28-24-29-25(31(30-24)13-6-14-32-2)34-22-8-5-4-7-21(22)26/h4-5,7-12,15-16H,6,13-14H2,1-3H3,(H,28,30). The summed E-state index contributed by atoms with van der Waals surface area (Å²) in [5.74, 6) is 1.63. The molecule has 0 spiro atoms. The van der Waals surface area contributed by atoms with Crippen LogP contribution in [0.5, 0.6) is 17.5 Å². The van der Waals surface area contributed by atoms with Crippen LogP contribution in [0, 0.1) is 6.92 Å². The van der Waals surface area contributed by atoms with Crippen molar-refractivity contribution in [3.05, 3.63) is 71.5 Å². The van der Waals surface area contributed by atoms with Crippen LogP contribution < -0.4 is 14.8 Å². The molecular formula is C25H26ClN5O3. The van der Waals surface area contributed by atoms with Crippen LogP contribution in [0.25, 0.3) is 11.1 Å². The Morgan fingerprint density at radius 1 is 1.03 bits per heavy atom. The average molecular weight is 480 g/mol. The van der Waals surface area contributed by atoms with Gasteiger partial charge >= 0.3 is 6.01 Å². The fourth-order valence-electron chi connectivity index (χ4n) is 3.44. The molecule has 0 fully saturated rings. The highest BCUT2D eigenvalue weighted by molar-refractivity contribution is 6.32. The van der Waals surface area contributed by atoms with Gasteiger partial charge < -0.3 is 19.5 Å². The van der Waals surface area contributed by atoms with Crippen LogP contribution >= 0.6 is 11.6 Å². The number of methoxy groups -OCH3 is 2. The number of ether oxygens (including phenoxy) is 3. The molecule has 0 saturated heterocycles. The Kier molecular flexibility index (Phi) is 7.61. The molecule has 2 aromatic carbocycles. The SMILES string of the molecule is COCCCn1nc(Nc2ccc(-c3ccnc(C)c3)c(OC)c2)nc1Oc1ccccc1Cl. The minimum absolute atomic E-state index is 0.336. The Morgan fingerprint density at radius 3 is 2.65 bits per heavy atom. The van der Waals surface area contributed by atoms with Crippen molar-refractivity contribution in [2.75, 3.05) is 26.1 Å². The number of aryl methyl sites for hydroxylation is 2. The largest absolute Gasteiger partial charge is 0.496 e. The van der Waals surface area contributed by atoms with Gasteiger partial charge in [0, 0.05) is 49.5 Å². The van der Waals surface area contributed by atoms with Gasteiger partial charge in [0.25, 0.3) is 0 Å². The molecule has 0 bridgehead atoms. The Balaban J connectivity index is 1.59. The van der Waals surface area contributed by atoms with E-state index in [9.17, 15) is 0 Å². The minimum atomic E-state index is 0.336. The number of nitrogens with zero attached hydrogens (tertiary/aromatic N) is 4. The maximum atomic E-state index is 6.26. The van der Waals surface area contributed by atoms with E-state index in [1.54, 1.807) is 37.2 Å². The molecule has 0 amide bonds. The highest BCUT2D eigenvalue weighted by atomic mass is 35.5. The number of aromatic nitrogens is 4. The number of hydrogen-bond acceptors (Lipinski definition) is 7. The van der Waals surface area contributed by atoms with Crippen molar-refractivity contribution in [1.29, 1.82) is 0 Å². The third kappa shape index (κ3) is 5.65. The first-order chi connectivity index (χ1) is 16.6. The molecule has 4 aromatic rings. The number of benzene rings is 2. The van der Waals surface area contributed by atoms with E-state index < -0.39 is 0 Å². The zero-order valence-electron chi connectivity index (χ0n) is 19.3. The highest BCUT2D eigenvalue weighted by Gasteiger charge is 2.15. The molecule has 2 aromatic heterocycles. The van der Waals surface area contributed by atoms with E-state index in [2.05, 4.69) is 20.4 Å². The second kappa shape index (κ2) is 11.0. The summed E-state index contributed by atoms with van der Waals surface area (Å²) in [6.45, 7) is 3.13. The van der Waals surface area contributed by atoms with Crippen LogP contribution in [0.3, 0.4) is 0 Å². The lowest BCUT2D eigenvalue weighted by molar-refractivity contribution is 0.187. The molecule has 0 aliphatic heterocycles. The van der Waals surface area contributed by atoms with Gasteiger partial charge in [-0.15, -0.1) is 5.10 Å². The summed E-state index contributed by atoms with van der Waals surface area (Å²) in [4.78, 5) is 8.81. The van der Waals surface area contributed by atoms with Crippen LogP contribution in [0.1, 0.15) is 12.1 Å². The van der Waals surface area contributed by atoms with Crippen LogP contribution in [0.2, 0.25) is 5.02 Å². The first kappa shape index (κ1) is 23.5. The number of halogens is 1. The predicted octanol–water partition coefficient (Wildman–Crippen LogP) is 5.88. The third-order valence-corrected chi connectivity index (χ3v) is 5.37. The minimum Gasteiger partial charge on any atom is -0.496 e. The molecule has 8 nitrogen and oxygen atoms in total. The molecule has 0 aliphatic carbocycles. The quantitative estimate of drug-likeness (QED) is 0.284. The van der Waals surface area contributed by atoms with Gasteiger partial charge in [0.1, 0.15) is 11.5 Å². The van der Waals surface area contributed by atoms with Gasteiger partial charge in [-0.25, -0.2) is 4.68 Å². The fourth-order valence-corrected chi connectivity index (χ4v) is 3.61. The average Bonchev–Trinajstić information content (AvgIpc) is 3.21. The van der Waals surface area contributed by atoms with Crippen LogP contribution in [0.15, 0.2) is 60.8 Å². The summed E-state index contributed by atoms with van der Waals surface area (Å²) in [6, 6.07) is 17.4. The summed E-state index contributed by atoms with van der Waals surface area (Å²) < 4.78 is 18.5. The summed E-state index contributed by atoms with van der Waals surface area (Å²) in [5, 5.41) is 8.31. The number of pyridine rings is 1. The van der Waals surface area contributed by atoms with Crippen molar-refractivity contribution < 1.29 is 14.2 Å². The van der Waals surface area contributed by atoms with Crippen LogP contribution in [-0.4, -0.2) is 40.6 Å². The molecule has 4 rings (SSSR count). The normalized spacial score (nSPS) is 10.8. The maximum absolute atomic E-state index is 6.26. The number of nitrogens with one attached hydrogen (secondary N) is 1. The zero-order valence-corrected chi connectivity index (χ0v) is 20.0. The van der Waals surface area contributed by atoms with E-state index >= 15 is 0 Å². The molecule has 0 atom stereocenters. The number of hydrogen-bond donors (Lipinski definition) is 1. The van der Waals surface area contributed by atoms with E-state index in [1.807, 2.05) is 49.4 Å². The van der Waals surface area contributed by atoms with Gasteiger partial charge in [-0.05, 0) is 55.3 Å². The van der Waals surface area contributed by atoms with Crippen molar-refractivity contribution in [2.45, 2.75) is 19.9 Å². The van der Waals surface area contributed by atoms with Gasteiger partial charge in [-0.1, -0.05) is 23.7 Å². The summed E-state index contributed by atoms with van der Waals surface area (Å²) >= 11 is 6.26. The molecule has 0 aliphatic rings. The predicted molar refractivity (Wildman–Crippen MR) is 132 cm³/mol. The Hall–Kier alpha value is -3.62. The zero-order chi connectivity index (χ0) is 23.9. The molecule has 9 heteroatoms. The molecule has 0 radical (unpaired) electrons. The molecule has 2 heterocycles. The van der Waals surface area contributed by atoms with Gasteiger partial charge in [0.2, 0.25) is 5.95 Å². The van der Waals surface area contributed by atoms with E-state index in [4.69, 9.17) is 25.8 Å². The van der Waals surface area contributed by atoms with Gasteiger partial charge in [-0.3, -0.25) is 4.98 Å². The molecule has 1 N–H and O–H groups in total. The lowest BCUT2D eigenvalue weighted by atomic mass is 10.0. The molecule has 176 valence electrons. The van der Waals surface area contributed by atoms with E-state index in [0.29, 0.717) is 35.9 Å². The monoisotopic (exact) mass is 479 g/mol. The van der Waals surface area contributed by atoms with Crippen molar-refractivity contribution in [1.82, 2.24) is 19.7 Å². The van der Waals surface area contributed by atoms with E-state index in [-0.39, 0.29) is 0 Å². The first-order valence-electron chi connectivity index (χ1n) is 10.8. The third-order valence-electron chi connectivity index (χ3n) is 5.06. The van der Waals surface area contributed by atoms with E-state index in [1.165, 1.54) is 0 Å². The fraction of sp³-hybridized carbons (Fsp3) is 0.240. The number of rotatable bonds is 10. The Morgan fingerprint density at radius 2 is 1.88 bits per heavy atom. The van der Waals surface area contributed by atoms with Crippen LogP contribution in [-0.2, 0) is 11.3 Å². The molecular weight excluding hydrogens is 454 g/mol. The summed E-state index contributed by atoms with van der Waals surface area (Å²) in [6.07, 6.45) is 2.54. The Labute approximate surface area is 203 Å². The lowest BCUT2D eigenvalue weighted by Gasteiger charge is -2.11. The molecule has 0 saturated carbocycles. The first-order valence-corrected chi connectivity index (χ1v) is 11.2. The van der Waals surface area contributed by atoms with Crippen LogP contribution in [0.4, 0.5) is 11.6 Å². The molecule has 34 heavy (non-hydrogen) atoms. The van der Waals surface area contributed by atoms with Gasteiger partial charge in [0.15, 0.2) is 0 Å². The van der Waals surface area contributed by atoms with Crippen molar-refractivity contribution in [3.63, 3.8) is 0 Å². The number of anilines is 2. The van der Waals surface area contributed by atoms with Gasteiger partial charge in [0.05, 0.1) is 12.1 Å². The second-order valence-electron chi connectivity index (χ2n) is 7.55. The topological polar surface area (TPSA) is 83.3 Å². The highest BCUT2D eigenvalue weighted by Crippen LogP contribution is 2.34. The van der Waals surface area contributed by atoms with Crippen molar-refractivity contribution >= 4 is 23.2 Å². The maximum Gasteiger partial charge on any atom is 0.322 e. The van der Waals surface area contributed by atoms with Gasteiger partial charge in [-0.2, -0.15) is 4.98 Å². The lowest BCUT2D eigenvalue weighted by Crippen LogP contribution is -2.05. The summed E-state index contributed by atoms with van der Waals surface area (Å²) in [5.41, 5.74) is 3.73. The van der Waals surface area contributed by atoms with Crippen molar-refractivity contribution in [2.24, 2.45) is 0 Å². The van der Waals surface area contributed by atoms with Crippen molar-refractivity contribution in [3.8, 4) is 28.6 Å². The second-order valence-corrected chi connectivity index (χ2v) is 7.95. The summed E-state index contributed by atoms with van der Waals surface area (Å²) in [7, 11) is 3.31. The smallest absolute Gasteiger partial charge is 0.322 e. The molecule has 0 unspecified atom stereocenters. The number of para-hydroxylation sites is 1.